The molecule has 4 heteroatoms. The van der Waals surface area contributed by atoms with Crippen LogP contribution in [0.5, 0.6) is 0 Å². The zero-order valence-corrected chi connectivity index (χ0v) is 15.0. The molecule has 0 fully saturated rings. The molecule has 0 saturated carbocycles. The van der Waals surface area contributed by atoms with Crippen LogP contribution < -0.4 is 5.56 Å². The molecule has 0 amide bonds. The maximum Gasteiger partial charge on any atom is 0.275 e. The quantitative estimate of drug-likeness (QED) is 0.679. The number of fused-ring (bicyclic) bond motifs is 5. The Morgan fingerprint density at radius 2 is 1.88 bits per heavy atom. The van der Waals surface area contributed by atoms with Gasteiger partial charge in [0.2, 0.25) is 0 Å². The first-order valence-electron chi connectivity index (χ1n) is 8.76. The van der Waals surface area contributed by atoms with Gasteiger partial charge >= 0.3 is 0 Å². The molecule has 0 bridgehead atoms. The molecule has 4 aliphatic rings. The highest BCUT2D eigenvalue weighted by molar-refractivity contribution is 6.00. The maximum atomic E-state index is 12.1. The fourth-order valence-electron chi connectivity index (χ4n) is 4.57. The van der Waals surface area contributed by atoms with Crippen LogP contribution in [0.4, 0.5) is 0 Å². The molecule has 4 nitrogen and oxygen atoms in total. The van der Waals surface area contributed by atoms with Gasteiger partial charge in [0, 0.05) is 29.3 Å². The molecule has 0 unspecified atom stereocenters. The molecule has 0 atom stereocenters. The van der Waals surface area contributed by atoms with Crippen LogP contribution in [0.2, 0.25) is 0 Å². The molecule has 0 saturated heterocycles. The van der Waals surface area contributed by atoms with Gasteiger partial charge in [0.1, 0.15) is 0 Å². The minimum atomic E-state index is -0.170. The summed E-state index contributed by atoms with van der Waals surface area (Å²) in [6.07, 6.45) is 2.93. The van der Waals surface area contributed by atoms with E-state index in [-0.39, 0.29) is 16.5 Å². The average Bonchev–Trinajstić information content (AvgIpc) is 3.14. The first-order valence-corrected chi connectivity index (χ1v) is 8.76. The molecule has 3 aliphatic heterocycles. The molecule has 0 aromatic heterocycles. The van der Waals surface area contributed by atoms with E-state index in [0.717, 1.165) is 12.1 Å². The van der Waals surface area contributed by atoms with E-state index in [1.807, 2.05) is 6.20 Å². The van der Waals surface area contributed by atoms with Crippen molar-refractivity contribution >= 4 is 11.1 Å². The van der Waals surface area contributed by atoms with Gasteiger partial charge in [-0.05, 0) is 42.2 Å². The Bertz CT molecular complexity index is 1090. The van der Waals surface area contributed by atoms with E-state index in [1.165, 1.54) is 28.0 Å². The largest absolute Gasteiger partial charge is 0.340 e. The lowest BCUT2D eigenvalue weighted by atomic mass is 9.64. The van der Waals surface area contributed by atoms with Crippen molar-refractivity contribution in [2.75, 3.05) is 0 Å². The molecule has 0 spiro atoms. The number of hydrogen-bond donors (Lipinski definition) is 1. The summed E-state index contributed by atoms with van der Waals surface area (Å²) >= 11 is 0. The standard InChI is InChI=1S/C21H21N3O/c1-20(2)18-13-8-6-5-7-12(13)9-14(18)17-10-16-15(19(25)23-22-16)11-24(17)21(20,3)4/h5-8,10-11H,9H2,1-4H3,(H,23,25). The fourth-order valence-corrected chi connectivity index (χ4v) is 4.57. The number of benzene rings is 1. The number of rotatable bonds is 0. The minimum absolute atomic E-state index is 0.0624. The van der Waals surface area contributed by atoms with Gasteiger partial charge in [-0.15, -0.1) is 0 Å². The lowest BCUT2D eigenvalue weighted by Gasteiger charge is -2.50. The lowest BCUT2D eigenvalue weighted by Crippen LogP contribution is -2.46. The van der Waals surface area contributed by atoms with Crippen LogP contribution in [0.25, 0.3) is 22.4 Å². The summed E-state index contributed by atoms with van der Waals surface area (Å²) < 4.78 is 2.29. The third kappa shape index (κ3) is 1.62. The van der Waals surface area contributed by atoms with Crippen molar-refractivity contribution in [3.05, 3.63) is 63.7 Å². The Morgan fingerprint density at radius 1 is 1.12 bits per heavy atom. The number of pyridine rings is 1. The Hall–Kier alpha value is -2.62. The first-order chi connectivity index (χ1) is 11.8. The fraction of sp³-hybridized carbons (Fsp3) is 0.333. The van der Waals surface area contributed by atoms with Gasteiger partial charge in [0.15, 0.2) is 0 Å². The van der Waals surface area contributed by atoms with Crippen LogP contribution in [0.15, 0.2) is 41.3 Å². The van der Waals surface area contributed by atoms with Crippen molar-refractivity contribution in [3.8, 4) is 11.3 Å². The highest BCUT2D eigenvalue weighted by Gasteiger charge is 2.49. The smallest absolute Gasteiger partial charge is 0.275 e. The van der Waals surface area contributed by atoms with Gasteiger partial charge in [-0.1, -0.05) is 38.1 Å². The second kappa shape index (κ2) is 4.31. The molecule has 1 N–H and O–H groups in total. The summed E-state index contributed by atoms with van der Waals surface area (Å²) in [5.74, 6) is 0. The number of hydrogen-bond acceptors (Lipinski definition) is 2. The van der Waals surface area contributed by atoms with Gasteiger partial charge in [0.25, 0.3) is 5.56 Å². The Kier molecular flexibility index (Phi) is 2.54. The molecule has 1 aromatic carbocycles. The van der Waals surface area contributed by atoms with Gasteiger partial charge in [-0.3, -0.25) is 4.79 Å². The molecule has 1 aromatic rings. The Labute approximate surface area is 146 Å². The number of aromatic nitrogens is 3. The zero-order valence-electron chi connectivity index (χ0n) is 15.0. The van der Waals surface area contributed by atoms with Gasteiger partial charge in [-0.25, -0.2) is 5.10 Å². The van der Waals surface area contributed by atoms with Crippen molar-refractivity contribution in [2.24, 2.45) is 5.41 Å². The molecule has 3 heterocycles. The summed E-state index contributed by atoms with van der Waals surface area (Å²) in [4.78, 5) is 12.1. The van der Waals surface area contributed by atoms with Crippen molar-refractivity contribution in [3.63, 3.8) is 0 Å². The summed E-state index contributed by atoms with van der Waals surface area (Å²) in [6.45, 7) is 9.16. The highest BCUT2D eigenvalue weighted by Crippen LogP contribution is 2.58. The zero-order chi connectivity index (χ0) is 17.6. The van der Waals surface area contributed by atoms with E-state index in [4.69, 9.17) is 0 Å². The second-order valence-corrected chi connectivity index (χ2v) is 8.25. The van der Waals surface area contributed by atoms with E-state index in [9.17, 15) is 4.79 Å². The van der Waals surface area contributed by atoms with Crippen LogP contribution in [-0.4, -0.2) is 14.8 Å². The van der Waals surface area contributed by atoms with E-state index in [1.54, 1.807) is 0 Å². The molecular weight excluding hydrogens is 310 g/mol. The predicted octanol–water partition coefficient (Wildman–Crippen LogP) is 3.92. The molecule has 25 heavy (non-hydrogen) atoms. The van der Waals surface area contributed by atoms with Crippen LogP contribution in [-0.2, 0) is 12.0 Å². The van der Waals surface area contributed by atoms with Crippen molar-refractivity contribution in [2.45, 2.75) is 39.7 Å². The summed E-state index contributed by atoms with van der Waals surface area (Å²) in [5.41, 5.74) is 7.78. The van der Waals surface area contributed by atoms with Crippen LogP contribution >= 0.6 is 0 Å². The number of aromatic amines is 1. The molecule has 1 aliphatic carbocycles. The lowest BCUT2D eigenvalue weighted by molar-refractivity contribution is 0.175. The number of H-pyrrole nitrogens is 1. The molecule has 126 valence electrons. The summed E-state index contributed by atoms with van der Waals surface area (Å²) in [7, 11) is 0. The van der Waals surface area contributed by atoms with Gasteiger partial charge < -0.3 is 4.57 Å². The Balaban J connectivity index is 1.92. The number of nitrogens with zero attached hydrogens (tertiary/aromatic N) is 2. The molecule has 0 radical (unpaired) electrons. The number of allylic oxidation sites excluding steroid dienone is 2. The van der Waals surface area contributed by atoms with Gasteiger partial charge in [0.05, 0.1) is 11.3 Å². The monoisotopic (exact) mass is 331 g/mol. The van der Waals surface area contributed by atoms with E-state index >= 15 is 0 Å². The molecular formula is C21H21N3O. The summed E-state index contributed by atoms with van der Waals surface area (Å²) in [5, 5.41) is 6.79. The SMILES string of the molecule is CC1(C)C2=C(Cc3ccccc32)c2cc3n[nH]c(=O)c-3cn2C1(C)C. The van der Waals surface area contributed by atoms with E-state index in [2.05, 4.69) is 72.8 Å². The van der Waals surface area contributed by atoms with E-state index < -0.39 is 0 Å². The van der Waals surface area contributed by atoms with Crippen LogP contribution in [0, 0.1) is 5.41 Å². The predicted molar refractivity (Wildman–Crippen MR) is 99.5 cm³/mol. The maximum absolute atomic E-state index is 12.1. The third-order valence-electron chi connectivity index (χ3n) is 6.61. The average molecular weight is 331 g/mol. The highest BCUT2D eigenvalue weighted by atomic mass is 16.1. The van der Waals surface area contributed by atoms with Crippen LogP contribution in [0.1, 0.15) is 44.5 Å². The van der Waals surface area contributed by atoms with Crippen molar-refractivity contribution in [1.29, 1.82) is 0 Å². The topological polar surface area (TPSA) is 50.7 Å². The number of nitrogens with one attached hydrogen (secondary N) is 1. The van der Waals surface area contributed by atoms with E-state index in [0.29, 0.717) is 5.56 Å². The van der Waals surface area contributed by atoms with Crippen molar-refractivity contribution < 1.29 is 0 Å². The third-order valence-corrected chi connectivity index (χ3v) is 6.61. The Morgan fingerprint density at radius 3 is 2.68 bits per heavy atom. The van der Waals surface area contributed by atoms with Gasteiger partial charge in [-0.2, -0.15) is 5.10 Å². The normalized spacial score (nSPS) is 19.7. The van der Waals surface area contributed by atoms with Crippen molar-refractivity contribution in [1.82, 2.24) is 14.8 Å². The summed E-state index contributed by atoms with van der Waals surface area (Å²) in [6, 6.07) is 10.8. The molecule has 5 rings (SSSR count). The first kappa shape index (κ1) is 14.7. The second-order valence-electron chi connectivity index (χ2n) is 8.25. The minimum Gasteiger partial charge on any atom is -0.340 e. The van der Waals surface area contributed by atoms with Crippen LogP contribution in [0.3, 0.4) is 0 Å².